The lowest BCUT2D eigenvalue weighted by Crippen LogP contribution is -2.53. The molecule has 0 saturated carbocycles. The third kappa shape index (κ3) is 2.61. The first-order chi connectivity index (χ1) is 8.61. The minimum atomic E-state index is -0.446. The average molecular weight is 268 g/mol. The third-order valence-electron chi connectivity index (χ3n) is 2.94. The highest BCUT2D eigenvalue weighted by atomic mass is 35.5. The topological polar surface area (TPSA) is 53.5 Å². The van der Waals surface area contributed by atoms with Gasteiger partial charge in [0, 0.05) is 32.4 Å². The molecule has 1 aromatic heterocycles. The monoisotopic (exact) mass is 267 g/mol. The zero-order valence-electron chi connectivity index (χ0n) is 10.1. The standard InChI is InChI=1S/C12H14ClN3O2/c1-2-15-5-6-16(12(18)11(15)17)8-9-3-4-10(13)14-7-9/h3-4,7H,2,5-6,8H2,1H3. The number of carbonyl (C=O) groups is 2. The van der Waals surface area contributed by atoms with Gasteiger partial charge in [-0.3, -0.25) is 9.59 Å². The fraction of sp³-hybridized carbons (Fsp3) is 0.417. The smallest absolute Gasteiger partial charge is 0.312 e. The number of hydrogen-bond acceptors (Lipinski definition) is 3. The molecule has 0 bridgehead atoms. The zero-order valence-corrected chi connectivity index (χ0v) is 10.9. The summed E-state index contributed by atoms with van der Waals surface area (Å²) in [5.41, 5.74) is 0.866. The second kappa shape index (κ2) is 5.35. The van der Waals surface area contributed by atoms with E-state index in [9.17, 15) is 9.59 Å². The second-order valence-electron chi connectivity index (χ2n) is 4.10. The van der Waals surface area contributed by atoms with Gasteiger partial charge in [0.2, 0.25) is 0 Å². The van der Waals surface area contributed by atoms with Crippen molar-refractivity contribution in [3.05, 3.63) is 29.0 Å². The van der Waals surface area contributed by atoms with Crippen molar-refractivity contribution >= 4 is 23.4 Å². The molecule has 0 aliphatic carbocycles. The Morgan fingerprint density at radius 2 is 1.89 bits per heavy atom. The maximum atomic E-state index is 11.9. The number of pyridine rings is 1. The van der Waals surface area contributed by atoms with Crippen molar-refractivity contribution in [2.75, 3.05) is 19.6 Å². The highest BCUT2D eigenvalue weighted by molar-refractivity contribution is 6.35. The number of hydrogen-bond donors (Lipinski definition) is 0. The average Bonchev–Trinajstić information content (AvgIpc) is 2.38. The van der Waals surface area contributed by atoms with Crippen LogP contribution < -0.4 is 0 Å². The number of rotatable bonds is 3. The molecule has 2 heterocycles. The molecule has 0 spiro atoms. The van der Waals surface area contributed by atoms with Crippen LogP contribution in [0.4, 0.5) is 0 Å². The molecule has 96 valence electrons. The molecule has 18 heavy (non-hydrogen) atoms. The van der Waals surface area contributed by atoms with Crippen molar-refractivity contribution in [1.29, 1.82) is 0 Å². The van der Waals surface area contributed by atoms with Crippen LogP contribution in [0.1, 0.15) is 12.5 Å². The molecule has 0 aromatic carbocycles. The summed E-state index contributed by atoms with van der Waals surface area (Å²) in [7, 11) is 0. The van der Waals surface area contributed by atoms with Crippen LogP contribution in [0.5, 0.6) is 0 Å². The van der Waals surface area contributed by atoms with E-state index in [0.29, 0.717) is 31.3 Å². The summed E-state index contributed by atoms with van der Waals surface area (Å²) in [6, 6.07) is 3.48. The Hall–Kier alpha value is -1.62. The normalized spacial score (nSPS) is 16.3. The van der Waals surface area contributed by atoms with E-state index in [1.807, 2.05) is 6.92 Å². The van der Waals surface area contributed by atoms with Gasteiger partial charge in [0.05, 0.1) is 0 Å². The van der Waals surface area contributed by atoms with E-state index >= 15 is 0 Å². The van der Waals surface area contributed by atoms with Crippen molar-refractivity contribution in [3.8, 4) is 0 Å². The Labute approximate surface area is 110 Å². The van der Waals surface area contributed by atoms with Crippen LogP contribution >= 0.6 is 11.6 Å². The second-order valence-corrected chi connectivity index (χ2v) is 4.49. The van der Waals surface area contributed by atoms with Gasteiger partial charge >= 0.3 is 11.8 Å². The summed E-state index contributed by atoms with van der Waals surface area (Å²) in [5.74, 6) is -0.872. The van der Waals surface area contributed by atoms with Gasteiger partial charge in [-0.25, -0.2) is 4.98 Å². The van der Waals surface area contributed by atoms with E-state index in [-0.39, 0.29) is 0 Å². The predicted octanol–water partition coefficient (Wildman–Crippen LogP) is 0.926. The van der Waals surface area contributed by atoms with Crippen LogP contribution in [0.2, 0.25) is 5.15 Å². The molecule has 6 heteroatoms. The molecular formula is C12H14ClN3O2. The predicted molar refractivity (Wildman–Crippen MR) is 66.9 cm³/mol. The lowest BCUT2D eigenvalue weighted by atomic mass is 10.2. The Morgan fingerprint density at radius 3 is 2.50 bits per heavy atom. The Kier molecular flexibility index (Phi) is 3.81. The molecule has 1 aliphatic rings. The van der Waals surface area contributed by atoms with Crippen LogP contribution in [-0.2, 0) is 16.1 Å². The van der Waals surface area contributed by atoms with Crippen LogP contribution in [0.3, 0.4) is 0 Å². The number of aromatic nitrogens is 1. The first kappa shape index (κ1) is 12.8. The number of nitrogens with zero attached hydrogens (tertiary/aromatic N) is 3. The quantitative estimate of drug-likeness (QED) is 0.605. The van der Waals surface area contributed by atoms with Gasteiger partial charge in [-0.1, -0.05) is 17.7 Å². The first-order valence-electron chi connectivity index (χ1n) is 5.80. The molecule has 2 rings (SSSR count). The molecule has 0 atom stereocenters. The molecule has 0 unspecified atom stereocenters. The van der Waals surface area contributed by atoms with Gasteiger partial charge in [-0.15, -0.1) is 0 Å². The van der Waals surface area contributed by atoms with Crippen LogP contribution in [0.25, 0.3) is 0 Å². The van der Waals surface area contributed by atoms with E-state index in [0.717, 1.165) is 5.56 Å². The maximum Gasteiger partial charge on any atom is 0.312 e. The summed E-state index contributed by atoms with van der Waals surface area (Å²) in [5, 5.41) is 0.414. The number of halogens is 1. The van der Waals surface area contributed by atoms with Gasteiger partial charge in [0.1, 0.15) is 5.15 Å². The number of likely N-dealkylation sites (N-methyl/N-ethyl adjacent to an activating group) is 1. The van der Waals surface area contributed by atoms with E-state index < -0.39 is 11.8 Å². The SMILES string of the molecule is CCN1CCN(Cc2ccc(Cl)nc2)C(=O)C1=O. The maximum absolute atomic E-state index is 11.9. The highest BCUT2D eigenvalue weighted by Gasteiger charge is 2.31. The molecule has 2 amide bonds. The summed E-state index contributed by atoms with van der Waals surface area (Å²) >= 11 is 5.69. The number of amides is 2. The van der Waals surface area contributed by atoms with E-state index in [2.05, 4.69) is 4.98 Å². The first-order valence-corrected chi connectivity index (χ1v) is 6.18. The Balaban J connectivity index is 2.04. The summed E-state index contributed by atoms with van der Waals surface area (Å²) in [4.78, 5) is 30.6. The number of piperazine rings is 1. The molecule has 1 aliphatic heterocycles. The summed E-state index contributed by atoms with van der Waals surface area (Å²) < 4.78 is 0. The van der Waals surface area contributed by atoms with Crippen molar-refractivity contribution in [3.63, 3.8) is 0 Å². The minimum absolute atomic E-state index is 0.395. The molecule has 0 N–H and O–H groups in total. The zero-order chi connectivity index (χ0) is 13.1. The molecule has 1 saturated heterocycles. The van der Waals surface area contributed by atoms with E-state index in [1.54, 1.807) is 28.1 Å². The fourth-order valence-corrected chi connectivity index (χ4v) is 2.00. The Morgan fingerprint density at radius 1 is 1.22 bits per heavy atom. The summed E-state index contributed by atoms with van der Waals surface area (Å²) in [6.45, 7) is 3.97. The van der Waals surface area contributed by atoms with Gasteiger partial charge in [0.15, 0.2) is 0 Å². The lowest BCUT2D eigenvalue weighted by Gasteiger charge is -2.33. The lowest BCUT2D eigenvalue weighted by molar-refractivity contribution is -0.156. The molecule has 1 aromatic rings. The molecule has 0 radical (unpaired) electrons. The highest BCUT2D eigenvalue weighted by Crippen LogP contribution is 2.11. The van der Waals surface area contributed by atoms with Gasteiger partial charge in [-0.2, -0.15) is 0 Å². The largest absolute Gasteiger partial charge is 0.333 e. The summed E-state index contributed by atoms with van der Waals surface area (Å²) in [6.07, 6.45) is 1.62. The third-order valence-corrected chi connectivity index (χ3v) is 3.16. The number of carbonyl (C=O) groups excluding carboxylic acids is 2. The van der Waals surface area contributed by atoms with Crippen molar-refractivity contribution in [2.45, 2.75) is 13.5 Å². The fourth-order valence-electron chi connectivity index (χ4n) is 1.89. The molecule has 1 fully saturated rings. The van der Waals surface area contributed by atoms with Crippen molar-refractivity contribution in [2.24, 2.45) is 0 Å². The molecular weight excluding hydrogens is 254 g/mol. The van der Waals surface area contributed by atoms with Crippen LogP contribution in [0.15, 0.2) is 18.3 Å². The molecule has 5 nitrogen and oxygen atoms in total. The van der Waals surface area contributed by atoms with Crippen molar-refractivity contribution in [1.82, 2.24) is 14.8 Å². The van der Waals surface area contributed by atoms with Gasteiger partial charge in [0.25, 0.3) is 0 Å². The van der Waals surface area contributed by atoms with Crippen LogP contribution in [-0.4, -0.2) is 46.2 Å². The van der Waals surface area contributed by atoms with Crippen LogP contribution in [0, 0.1) is 0 Å². The Bertz CT molecular complexity index is 461. The van der Waals surface area contributed by atoms with E-state index in [1.165, 1.54) is 0 Å². The van der Waals surface area contributed by atoms with Gasteiger partial charge in [-0.05, 0) is 18.6 Å². The minimum Gasteiger partial charge on any atom is -0.333 e. The van der Waals surface area contributed by atoms with Crippen molar-refractivity contribution < 1.29 is 9.59 Å². The van der Waals surface area contributed by atoms with E-state index in [4.69, 9.17) is 11.6 Å². The van der Waals surface area contributed by atoms with Gasteiger partial charge < -0.3 is 9.80 Å².